The first kappa shape index (κ1) is 23.0. The average molecular weight is 409 g/mol. The van der Waals surface area contributed by atoms with Crippen LogP contribution in [0.5, 0.6) is 0 Å². The molecule has 0 saturated heterocycles. The van der Waals surface area contributed by atoms with Crippen molar-refractivity contribution in [3.63, 3.8) is 0 Å². The molecule has 0 aliphatic carbocycles. The molecule has 3 rings (SSSR count). The first-order chi connectivity index (χ1) is 12.0. The third kappa shape index (κ3) is 5.70. The quantitative estimate of drug-likeness (QED) is 0.567. The van der Waals surface area contributed by atoms with Gasteiger partial charge in [-0.3, -0.25) is 4.79 Å². The van der Waals surface area contributed by atoms with Crippen LogP contribution < -0.4 is 11.1 Å². The molecule has 3 aromatic rings. The maximum absolute atomic E-state index is 12.5. The van der Waals surface area contributed by atoms with E-state index in [1.54, 1.807) is 0 Å². The Kier molecular flexibility index (Phi) is 8.76. The first-order valence-electron chi connectivity index (χ1n) is 8.59. The van der Waals surface area contributed by atoms with E-state index in [1.165, 1.54) is 0 Å². The van der Waals surface area contributed by atoms with Gasteiger partial charge in [-0.05, 0) is 23.6 Å². The average Bonchev–Trinajstić information content (AvgIpc) is 3.03. The molecule has 0 spiro atoms. The lowest BCUT2D eigenvalue weighted by atomic mass is 10.0. The zero-order valence-corrected chi connectivity index (χ0v) is 17.0. The largest absolute Gasteiger partial charge is 0.346 e. The Balaban J connectivity index is 0.00000182. The minimum absolute atomic E-state index is 0. The number of amides is 1. The predicted molar refractivity (Wildman–Crippen MR) is 114 cm³/mol. The summed E-state index contributed by atoms with van der Waals surface area (Å²) >= 11 is 0. The third-order valence-corrected chi connectivity index (χ3v) is 4.32. The van der Waals surface area contributed by atoms with Crippen molar-refractivity contribution in [3.8, 4) is 0 Å². The minimum Gasteiger partial charge on any atom is -0.346 e. The Morgan fingerprint density at radius 3 is 2.33 bits per heavy atom. The molecule has 146 valence electrons. The molecular formula is C20H26Cl2N4O. The zero-order chi connectivity index (χ0) is 17.8. The summed E-state index contributed by atoms with van der Waals surface area (Å²) < 4.78 is 0. The van der Waals surface area contributed by atoms with Gasteiger partial charge in [-0.2, -0.15) is 0 Å². The van der Waals surface area contributed by atoms with Gasteiger partial charge in [0.25, 0.3) is 0 Å². The van der Waals surface area contributed by atoms with Gasteiger partial charge in [-0.1, -0.05) is 56.3 Å². The van der Waals surface area contributed by atoms with E-state index in [2.05, 4.69) is 29.1 Å². The fourth-order valence-corrected chi connectivity index (χ4v) is 2.92. The van der Waals surface area contributed by atoms with Crippen LogP contribution >= 0.6 is 24.8 Å². The maximum Gasteiger partial charge on any atom is 0.222 e. The number of fused-ring (bicyclic) bond motifs is 1. The molecule has 0 fully saturated rings. The Morgan fingerprint density at radius 1 is 1.07 bits per heavy atom. The van der Waals surface area contributed by atoms with E-state index in [-0.39, 0.29) is 55.1 Å². The molecule has 1 amide bonds. The first-order valence-corrected chi connectivity index (χ1v) is 8.59. The van der Waals surface area contributed by atoms with E-state index in [0.29, 0.717) is 0 Å². The number of imidazole rings is 1. The summed E-state index contributed by atoms with van der Waals surface area (Å²) in [5.74, 6) is 0.908. The van der Waals surface area contributed by atoms with Crippen LogP contribution in [0.2, 0.25) is 0 Å². The molecule has 7 heteroatoms. The van der Waals surface area contributed by atoms with Crippen molar-refractivity contribution in [3.05, 3.63) is 66.0 Å². The van der Waals surface area contributed by atoms with Crippen LogP contribution in [0.3, 0.4) is 0 Å². The van der Waals surface area contributed by atoms with Crippen LogP contribution in [0.4, 0.5) is 0 Å². The number of rotatable bonds is 6. The van der Waals surface area contributed by atoms with E-state index in [1.807, 2.05) is 54.6 Å². The zero-order valence-electron chi connectivity index (χ0n) is 15.4. The van der Waals surface area contributed by atoms with Crippen LogP contribution in [-0.2, 0) is 4.79 Å². The van der Waals surface area contributed by atoms with Crippen LogP contribution in [0.1, 0.15) is 43.7 Å². The topological polar surface area (TPSA) is 83.8 Å². The van der Waals surface area contributed by atoms with Crippen molar-refractivity contribution < 1.29 is 4.79 Å². The molecule has 2 unspecified atom stereocenters. The number of benzene rings is 2. The second-order valence-electron chi connectivity index (χ2n) is 6.65. The molecule has 0 saturated carbocycles. The molecule has 0 radical (unpaired) electrons. The van der Waals surface area contributed by atoms with Gasteiger partial charge in [0.05, 0.1) is 17.1 Å². The molecule has 1 heterocycles. The SMILES string of the molecule is CC(C)C(NC(=O)CC(N)c1ccccc1)c1nc2ccccc2[nH]1.Cl.Cl. The molecule has 4 N–H and O–H groups in total. The number of halogens is 2. The second kappa shape index (κ2) is 10.3. The number of para-hydroxylation sites is 2. The summed E-state index contributed by atoms with van der Waals surface area (Å²) in [6.45, 7) is 4.13. The summed E-state index contributed by atoms with van der Waals surface area (Å²) in [5.41, 5.74) is 9.00. The Morgan fingerprint density at radius 2 is 1.70 bits per heavy atom. The molecule has 2 aromatic carbocycles. The second-order valence-corrected chi connectivity index (χ2v) is 6.65. The van der Waals surface area contributed by atoms with Crippen LogP contribution in [-0.4, -0.2) is 15.9 Å². The van der Waals surface area contributed by atoms with Crippen molar-refractivity contribution in [2.75, 3.05) is 0 Å². The lowest BCUT2D eigenvalue weighted by molar-refractivity contribution is -0.122. The van der Waals surface area contributed by atoms with Crippen molar-refractivity contribution in [2.45, 2.75) is 32.4 Å². The summed E-state index contributed by atoms with van der Waals surface area (Å²) in [4.78, 5) is 20.4. The monoisotopic (exact) mass is 408 g/mol. The van der Waals surface area contributed by atoms with Crippen molar-refractivity contribution in [2.24, 2.45) is 11.7 Å². The van der Waals surface area contributed by atoms with Gasteiger partial charge >= 0.3 is 0 Å². The molecule has 0 aliphatic rings. The number of nitrogens with two attached hydrogens (primary N) is 1. The van der Waals surface area contributed by atoms with E-state index in [4.69, 9.17) is 5.73 Å². The Hall–Kier alpha value is -2.08. The summed E-state index contributed by atoms with van der Waals surface area (Å²) in [6.07, 6.45) is 0.244. The predicted octanol–water partition coefficient (Wildman–Crippen LogP) is 4.31. The molecule has 27 heavy (non-hydrogen) atoms. The number of H-pyrrole nitrogens is 1. The van der Waals surface area contributed by atoms with E-state index >= 15 is 0 Å². The van der Waals surface area contributed by atoms with E-state index in [0.717, 1.165) is 22.4 Å². The third-order valence-electron chi connectivity index (χ3n) is 4.32. The van der Waals surface area contributed by atoms with Crippen molar-refractivity contribution in [1.29, 1.82) is 0 Å². The van der Waals surface area contributed by atoms with Gasteiger partial charge in [-0.25, -0.2) is 4.98 Å². The number of aromatic nitrogens is 2. The molecule has 0 aliphatic heterocycles. The summed E-state index contributed by atoms with van der Waals surface area (Å²) in [5, 5.41) is 3.08. The number of hydrogen-bond donors (Lipinski definition) is 3. The number of carbonyl (C=O) groups excluding carboxylic acids is 1. The molecular weight excluding hydrogens is 383 g/mol. The Labute approximate surface area is 172 Å². The molecule has 5 nitrogen and oxygen atoms in total. The highest BCUT2D eigenvalue weighted by Crippen LogP contribution is 2.23. The smallest absolute Gasteiger partial charge is 0.222 e. The minimum atomic E-state index is -0.315. The van der Waals surface area contributed by atoms with Crippen molar-refractivity contribution >= 4 is 41.8 Å². The number of hydrogen-bond acceptors (Lipinski definition) is 3. The van der Waals surface area contributed by atoms with Crippen molar-refractivity contribution in [1.82, 2.24) is 15.3 Å². The van der Waals surface area contributed by atoms with Gasteiger partial charge in [-0.15, -0.1) is 24.8 Å². The van der Waals surface area contributed by atoms with E-state index in [9.17, 15) is 4.79 Å². The number of aromatic amines is 1. The van der Waals surface area contributed by atoms with Crippen LogP contribution in [0.15, 0.2) is 54.6 Å². The molecule has 1 aromatic heterocycles. The van der Waals surface area contributed by atoms with Crippen LogP contribution in [0, 0.1) is 5.92 Å². The van der Waals surface area contributed by atoms with E-state index < -0.39 is 0 Å². The molecule has 2 atom stereocenters. The normalized spacial score (nSPS) is 12.7. The fraction of sp³-hybridized carbons (Fsp3) is 0.300. The lowest BCUT2D eigenvalue weighted by Crippen LogP contribution is -2.34. The number of nitrogens with one attached hydrogen (secondary N) is 2. The van der Waals surface area contributed by atoms with Gasteiger partial charge in [0.2, 0.25) is 5.91 Å². The number of nitrogens with zero attached hydrogens (tertiary/aromatic N) is 1. The maximum atomic E-state index is 12.5. The fourth-order valence-electron chi connectivity index (χ4n) is 2.92. The highest BCUT2D eigenvalue weighted by molar-refractivity contribution is 5.85. The highest BCUT2D eigenvalue weighted by Gasteiger charge is 2.23. The summed E-state index contributed by atoms with van der Waals surface area (Å²) in [7, 11) is 0. The highest BCUT2D eigenvalue weighted by atomic mass is 35.5. The van der Waals surface area contributed by atoms with Crippen LogP contribution in [0.25, 0.3) is 11.0 Å². The lowest BCUT2D eigenvalue weighted by Gasteiger charge is -2.21. The molecule has 0 bridgehead atoms. The number of carbonyl (C=O) groups is 1. The van der Waals surface area contributed by atoms with Gasteiger partial charge in [0, 0.05) is 12.5 Å². The van der Waals surface area contributed by atoms with Gasteiger partial charge in [0.15, 0.2) is 0 Å². The van der Waals surface area contributed by atoms with Gasteiger partial charge < -0.3 is 16.0 Å². The summed E-state index contributed by atoms with van der Waals surface area (Å²) in [6, 6.07) is 17.0. The standard InChI is InChI=1S/C20H24N4O.2ClH/c1-13(2)19(20-22-16-10-6-7-11-17(16)23-20)24-18(25)12-15(21)14-8-4-3-5-9-14;;/h3-11,13,15,19H,12,21H2,1-2H3,(H,22,23)(H,24,25);2*1H. The van der Waals surface area contributed by atoms with Gasteiger partial charge in [0.1, 0.15) is 5.82 Å². The Bertz CT molecular complexity index is 818.